The molecule has 2 aromatic rings. The lowest BCUT2D eigenvalue weighted by Crippen LogP contribution is -2.38. The first-order valence-corrected chi connectivity index (χ1v) is 8.50. The van der Waals surface area contributed by atoms with E-state index in [1.165, 1.54) is 11.1 Å². The van der Waals surface area contributed by atoms with Crippen molar-refractivity contribution in [3.63, 3.8) is 0 Å². The van der Waals surface area contributed by atoms with Gasteiger partial charge in [0.2, 0.25) is 0 Å². The lowest BCUT2D eigenvalue weighted by atomic mass is 9.99. The third-order valence-corrected chi connectivity index (χ3v) is 4.76. The summed E-state index contributed by atoms with van der Waals surface area (Å²) in [5, 5.41) is 9.58. The highest BCUT2D eigenvalue weighted by Gasteiger charge is 2.35. The van der Waals surface area contributed by atoms with E-state index in [1.807, 2.05) is 36.4 Å². The van der Waals surface area contributed by atoms with Gasteiger partial charge in [0.1, 0.15) is 0 Å². The topological polar surface area (TPSA) is 61.8 Å². The Bertz CT molecular complexity index is 730. The number of amides is 1. The molecule has 1 heterocycles. The summed E-state index contributed by atoms with van der Waals surface area (Å²) in [6.07, 6.45) is 0.678. The molecule has 2 N–H and O–H groups in total. The first-order chi connectivity index (χ1) is 12.1. The van der Waals surface area contributed by atoms with Crippen molar-refractivity contribution in [3.05, 3.63) is 59.7 Å². The van der Waals surface area contributed by atoms with E-state index >= 15 is 0 Å². The molecular weight excluding hydrogens is 316 g/mol. The van der Waals surface area contributed by atoms with Gasteiger partial charge in [-0.1, -0.05) is 36.4 Å². The van der Waals surface area contributed by atoms with Gasteiger partial charge in [0.15, 0.2) is 0 Å². The normalized spacial score (nSPS) is 20.0. The number of carbonyl (C=O) groups excluding carboxylic acids is 1. The summed E-state index contributed by atoms with van der Waals surface area (Å²) in [6.45, 7) is 2.56. The average Bonchev–Trinajstić information content (AvgIpc) is 3.05. The van der Waals surface area contributed by atoms with Crippen LogP contribution in [0.1, 0.15) is 22.3 Å². The highest BCUT2D eigenvalue weighted by Crippen LogP contribution is 2.25. The van der Waals surface area contributed by atoms with Gasteiger partial charge in [0.25, 0.3) is 5.91 Å². The molecule has 5 heteroatoms. The zero-order valence-corrected chi connectivity index (χ0v) is 14.6. The number of carbonyl (C=O) groups is 1. The second-order valence-electron chi connectivity index (χ2n) is 6.44. The third-order valence-electron chi connectivity index (χ3n) is 4.76. The number of aryl methyl sites for hydroxylation is 1. The maximum Gasteiger partial charge on any atom is 0.254 e. The maximum atomic E-state index is 12.8. The molecule has 0 radical (unpaired) electrons. The van der Waals surface area contributed by atoms with E-state index in [0.29, 0.717) is 18.5 Å². The molecular formula is C20H24N2O3. The minimum Gasteiger partial charge on any atom is -0.394 e. The van der Waals surface area contributed by atoms with E-state index in [-0.39, 0.29) is 24.6 Å². The summed E-state index contributed by atoms with van der Waals surface area (Å²) >= 11 is 0. The summed E-state index contributed by atoms with van der Waals surface area (Å²) in [7, 11) is 1.56. The Morgan fingerprint density at radius 1 is 1.24 bits per heavy atom. The predicted molar refractivity (Wildman–Crippen MR) is 97.1 cm³/mol. The average molecular weight is 340 g/mol. The highest BCUT2D eigenvalue weighted by molar-refractivity contribution is 5.95. The maximum absolute atomic E-state index is 12.8. The first-order valence-electron chi connectivity index (χ1n) is 8.50. The van der Waals surface area contributed by atoms with E-state index in [1.54, 1.807) is 12.0 Å². The van der Waals surface area contributed by atoms with Crippen molar-refractivity contribution in [2.45, 2.75) is 25.4 Å². The van der Waals surface area contributed by atoms with Gasteiger partial charge in [-0.05, 0) is 42.2 Å². The zero-order valence-electron chi connectivity index (χ0n) is 14.6. The second-order valence-corrected chi connectivity index (χ2v) is 6.44. The monoisotopic (exact) mass is 340 g/mol. The summed E-state index contributed by atoms with van der Waals surface area (Å²) < 4.78 is 0. The van der Waals surface area contributed by atoms with E-state index in [9.17, 15) is 9.90 Å². The number of likely N-dealkylation sites (tertiary alicyclic amines) is 1. The van der Waals surface area contributed by atoms with Crippen molar-refractivity contribution >= 4 is 5.91 Å². The quantitative estimate of drug-likeness (QED) is 0.821. The number of hydroxylamine groups is 1. The Hall–Kier alpha value is -2.21. The Morgan fingerprint density at radius 2 is 1.96 bits per heavy atom. The van der Waals surface area contributed by atoms with Crippen molar-refractivity contribution in [2.24, 2.45) is 0 Å². The Morgan fingerprint density at radius 3 is 2.60 bits per heavy atom. The van der Waals surface area contributed by atoms with Crippen molar-refractivity contribution in [1.82, 2.24) is 10.4 Å². The van der Waals surface area contributed by atoms with E-state index in [2.05, 4.69) is 24.5 Å². The standard InChI is InChI=1S/C20H24N2O3/c1-14-5-3-4-6-19(14)15-7-9-16(10-8-15)20(24)22-12-17(21-25-2)11-18(22)13-23/h3-10,17-18,21,23H,11-13H2,1-2H3/t17-,18-/m0/s1. The molecule has 25 heavy (non-hydrogen) atoms. The largest absolute Gasteiger partial charge is 0.394 e. The number of hydrogen-bond donors (Lipinski definition) is 2. The van der Waals surface area contributed by atoms with Crippen LogP contribution in [0.25, 0.3) is 11.1 Å². The van der Waals surface area contributed by atoms with Crippen molar-refractivity contribution in [3.8, 4) is 11.1 Å². The highest BCUT2D eigenvalue weighted by atomic mass is 16.6. The fourth-order valence-corrected chi connectivity index (χ4v) is 3.45. The van der Waals surface area contributed by atoms with Gasteiger partial charge < -0.3 is 14.8 Å². The molecule has 1 amide bonds. The number of aliphatic hydroxyl groups is 1. The van der Waals surface area contributed by atoms with Crippen LogP contribution < -0.4 is 5.48 Å². The fraction of sp³-hybridized carbons (Fsp3) is 0.350. The second kappa shape index (κ2) is 7.78. The van der Waals surface area contributed by atoms with Crippen LogP contribution >= 0.6 is 0 Å². The number of nitrogens with one attached hydrogen (secondary N) is 1. The van der Waals surface area contributed by atoms with Crippen LogP contribution in [-0.2, 0) is 4.84 Å². The van der Waals surface area contributed by atoms with Gasteiger partial charge in [-0.25, -0.2) is 0 Å². The molecule has 0 aromatic heterocycles. The molecule has 2 atom stereocenters. The van der Waals surface area contributed by atoms with E-state index < -0.39 is 0 Å². The van der Waals surface area contributed by atoms with Gasteiger partial charge in [-0.15, -0.1) is 0 Å². The first kappa shape index (κ1) is 17.6. The van der Waals surface area contributed by atoms with Gasteiger partial charge in [0, 0.05) is 12.1 Å². The summed E-state index contributed by atoms with van der Waals surface area (Å²) in [5.74, 6) is -0.0595. The molecule has 1 aliphatic heterocycles. The van der Waals surface area contributed by atoms with Gasteiger partial charge >= 0.3 is 0 Å². The number of aliphatic hydroxyl groups excluding tert-OH is 1. The van der Waals surface area contributed by atoms with Crippen LogP contribution in [-0.4, -0.2) is 48.3 Å². The van der Waals surface area contributed by atoms with Gasteiger partial charge in [-0.2, -0.15) is 5.48 Å². The molecule has 132 valence electrons. The molecule has 2 aromatic carbocycles. The molecule has 0 spiro atoms. The van der Waals surface area contributed by atoms with Crippen molar-refractivity contribution in [2.75, 3.05) is 20.3 Å². The minimum absolute atomic E-state index is 0.0392. The van der Waals surface area contributed by atoms with Crippen LogP contribution in [0.5, 0.6) is 0 Å². The molecule has 0 saturated carbocycles. The lowest BCUT2D eigenvalue weighted by Gasteiger charge is -2.23. The van der Waals surface area contributed by atoms with E-state index in [0.717, 1.165) is 5.56 Å². The molecule has 1 fully saturated rings. The van der Waals surface area contributed by atoms with Crippen molar-refractivity contribution < 1.29 is 14.7 Å². The Labute approximate surface area is 148 Å². The zero-order chi connectivity index (χ0) is 17.8. The molecule has 0 aliphatic carbocycles. The number of benzene rings is 2. The molecule has 3 rings (SSSR count). The van der Waals surface area contributed by atoms with Crippen LogP contribution in [0.3, 0.4) is 0 Å². The molecule has 1 aliphatic rings. The fourth-order valence-electron chi connectivity index (χ4n) is 3.45. The molecule has 0 bridgehead atoms. The van der Waals surface area contributed by atoms with Gasteiger partial charge in [0.05, 0.1) is 25.8 Å². The van der Waals surface area contributed by atoms with Crippen LogP contribution in [0.15, 0.2) is 48.5 Å². The molecule has 5 nitrogen and oxygen atoms in total. The summed E-state index contributed by atoms with van der Waals surface area (Å²) in [6, 6.07) is 15.7. The number of rotatable bonds is 5. The number of nitrogens with zero attached hydrogens (tertiary/aromatic N) is 1. The summed E-state index contributed by atoms with van der Waals surface area (Å²) in [4.78, 5) is 19.5. The number of hydrogen-bond acceptors (Lipinski definition) is 4. The molecule has 1 saturated heterocycles. The minimum atomic E-state index is -0.184. The Kier molecular flexibility index (Phi) is 5.48. The predicted octanol–water partition coefficient (Wildman–Crippen LogP) is 2.39. The Balaban J connectivity index is 1.78. The SMILES string of the molecule is CON[C@H]1C[C@@H](CO)N(C(=O)c2ccc(-c3ccccc3C)cc2)C1. The smallest absolute Gasteiger partial charge is 0.254 e. The lowest BCUT2D eigenvalue weighted by molar-refractivity contribution is 0.0585. The van der Waals surface area contributed by atoms with Crippen LogP contribution in [0, 0.1) is 6.92 Å². The molecule has 0 unspecified atom stereocenters. The third kappa shape index (κ3) is 3.74. The summed E-state index contributed by atoms with van der Waals surface area (Å²) in [5.41, 5.74) is 6.97. The van der Waals surface area contributed by atoms with Crippen LogP contribution in [0.2, 0.25) is 0 Å². The van der Waals surface area contributed by atoms with Crippen molar-refractivity contribution in [1.29, 1.82) is 0 Å². The van der Waals surface area contributed by atoms with Crippen LogP contribution in [0.4, 0.5) is 0 Å². The van der Waals surface area contributed by atoms with E-state index in [4.69, 9.17) is 4.84 Å². The van der Waals surface area contributed by atoms with Gasteiger partial charge in [-0.3, -0.25) is 4.79 Å².